The third-order valence-electron chi connectivity index (χ3n) is 1.01. The number of rotatable bonds is 5. The fraction of sp³-hybridized carbons (Fsp3) is 0.500. The summed E-state index contributed by atoms with van der Waals surface area (Å²) in [5.74, 6) is -0.664. The van der Waals surface area contributed by atoms with E-state index in [0.717, 1.165) is 0 Å². The standard InChI is InChI=1S/C7H13N3O2.CH4/c1-2-3-4-12-6(11)5-10-7(8)9;/h2H,1,3-5H2,(H4,8,9,10);1H4/i;1D3. The van der Waals surface area contributed by atoms with Crippen LogP contribution in [0.3, 0.4) is 0 Å². The summed E-state index contributed by atoms with van der Waals surface area (Å²) in [6.45, 7) is 3.73. The maximum Gasteiger partial charge on any atom is 0.325 e. The summed E-state index contributed by atoms with van der Waals surface area (Å²) in [6, 6.07) is 0. The lowest BCUT2D eigenvalue weighted by molar-refractivity contribution is -0.142. The summed E-state index contributed by atoms with van der Waals surface area (Å²) < 4.78 is 22.5. The van der Waals surface area contributed by atoms with Crippen LogP contribution < -0.4 is 11.1 Å². The van der Waals surface area contributed by atoms with Gasteiger partial charge in [0.15, 0.2) is 5.96 Å². The van der Waals surface area contributed by atoms with E-state index in [9.17, 15) is 4.79 Å². The number of hydrogen-bond acceptors (Lipinski definition) is 3. The molecule has 76 valence electrons. The van der Waals surface area contributed by atoms with Crippen LogP contribution in [0.4, 0.5) is 0 Å². The first-order valence-corrected chi connectivity index (χ1v) is 3.51. The molecule has 0 saturated heterocycles. The van der Waals surface area contributed by atoms with Gasteiger partial charge in [-0.15, -0.1) is 6.58 Å². The molecule has 13 heavy (non-hydrogen) atoms. The maximum atomic E-state index is 10.8. The first-order chi connectivity index (χ1) is 7.40. The molecule has 4 N–H and O–H groups in total. The van der Waals surface area contributed by atoms with Gasteiger partial charge in [-0.2, -0.15) is 0 Å². The monoisotopic (exact) mass is 190 g/mol. The van der Waals surface area contributed by atoms with Crippen LogP contribution in [0.15, 0.2) is 12.7 Å². The second kappa shape index (κ2) is 8.58. The number of carbonyl (C=O) groups is 1. The minimum atomic E-state index is -1.42. The highest BCUT2D eigenvalue weighted by Crippen LogP contribution is 1.83. The van der Waals surface area contributed by atoms with Crippen LogP contribution in [0.5, 0.6) is 0 Å². The number of carbonyl (C=O) groups excluding carboxylic acids is 1. The average molecular weight is 190 g/mol. The van der Waals surface area contributed by atoms with E-state index in [1.807, 2.05) is 0 Å². The van der Waals surface area contributed by atoms with Gasteiger partial charge in [0.2, 0.25) is 0 Å². The van der Waals surface area contributed by atoms with Crippen LogP contribution in [0.25, 0.3) is 0 Å². The molecular weight excluding hydrogens is 170 g/mol. The minimum absolute atomic E-state index is 0.0630. The molecule has 0 radical (unpaired) electrons. The first-order valence-electron chi connectivity index (χ1n) is 5.24. The molecule has 0 aliphatic rings. The van der Waals surface area contributed by atoms with Crippen molar-refractivity contribution in [1.29, 1.82) is 5.41 Å². The van der Waals surface area contributed by atoms with Crippen molar-refractivity contribution in [1.82, 2.24) is 5.32 Å². The number of hydrogen-bond donors (Lipinski definition) is 3. The molecule has 0 aliphatic heterocycles. The van der Waals surface area contributed by atoms with E-state index in [2.05, 4.69) is 11.9 Å². The van der Waals surface area contributed by atoms with Crippen LogP contribution in [0.1, 0.15) is 17.9 Å². The minimum Gasteiger partial charge on any atom is -0.464 e. The Bertz CT molecular complexity index is 222. The van der Waals surface area contributed by atoms with Crippen molar-refractivity contribution in [3.05, 3.63) is 12.7 Å². The second-order valence-corrected chi connectivity index (χ2v) is 2.07. The molecule has 5 nitrogen and oxygen atoms in total. The Balaban J connectivity index is 0. The molecule has 0 heterocycles. The third kappa shape index (κ3) is 10.5. The Labute approximate surface area is 82.7 Å². The summed E-state index contributed by atoms with van der Waals surface area (Å²) in [7, 11) is -1.42. The molecular formula is C8H17N3O2. The van der Waals surface area contributed by atoms with Crippen molar-refractivity contribution < 1.29 is 13.6 Å². The largest absolute Gasteiger partial charge is 0.464 e. The van der Waals surface area contributed by atoms with Crippen LogP contribution in [-0.4, -0.2) is 25.1 Å². The van der Waals surface area contributed by atoms with Crippen molar-refractivity contribution in [3.8, 4) is 0 Å². The van der Waals surface area contributed by atoms with Crippen molar-refractivity contribution in [3.63, 3.8) is 0 Å². The van der Waals surface area contributed by atoms with Crippen molar-refractivity contribution >= 4 is 11.9 Å². The van der Waals surface area contributed by atoms with Gasteiger partial charge in [0, 0.05) is 4.11 Å². The number of ether oxygens (including phenoxy) is 1. The fourth-order valence-corrected chi connectivity index (χ4v) is 0.475. The van der Waals surface area contributed by atoms with E-state index in [-0.39, 0.29) is 12.5 Å². The Kier molecular flexibility index (Phi) is 5.34. The summed E-state index contributed by atoms with van der Waals surface area (Å²) >= 11 is 0. The van der Waals surface area contributed by atoms with Gasteiger partial charge in [-0.1, -0.05) is 13.4 Å². The maximum absolute atomic E-state index is 10.8. The molecule has 0 bridgehead atoms. The molecule has 0 amide bonds. The van der Waals surface area contributed by atoms with Crippen LogP contribution in [0, 0.1) is 5.41 Å². The Morgan fingerprint density at radius 3 is 3.00 bits per heavy atom. The molecule has 0 unspecified atom stereocenters. The number of esters is 1. The molecule has 0 fully saturated rings. The lowest BCUT2D eigenvalue weighted by Gasteiger charge is -2.03. The molecule has 0 atom stereocenters. The van der Waals surface area contributed by atoms with Gasteiger partial charge in [0.1, 0.15) is 6.54 Å². The molecule has 0 saturated carbocycles. The molecule has 0 aromatic carbocycles. The molecule has 5 heteroatoms. The normalized spacial score (nSPS) is 11.0. The van der Waals surface area contributed by atoms with E-state index in [1.165, 1.54) is 0 Å². The van der Waals surface area contributed by atoms with E-state index < -0.39 is 13.3 Å². The quantitative estimate of drug-likeness (QED) is 0.190. The summed E-state index contributed by atoms with van der Waals surface area (Å²) in [5, 5.41) is 9.08. The number of nitrogens with one attached hydrogen (secondary N) is 2. The number of guanidine groups is 1. The summed E-state index contributed by atoms with van der Waals surface area (Å²) in [4.78, 5) is 10.8. The van der Waals surface area contributed by atoms with Gasteiger partial charge in [-0.05, 0) is 6.42 Å². The predicted molar refractivity (Wildman–Crippen MR) is 52.4 cm³/mol. The zero-order chi connectivity index (χ0) is 13.0. The van der Waals surface area contributed by atoms with E-state index in [4.69, 9.17) is 20.0 Å². The van der Waals surface area contributed by atoms with E-state index in [0.29, 0.717) is 13.0 Å². The lowest BCUT2D eigenvalue weighted by atomic mass is 10.4. The molecule has 0 rings (SSSR count). The van der Waals surface area contributed by atoms with Gasteiger partial charge in [-0.25, -0.2) is 0 Å². The molecule has 0 aliphatic carbocycles. The van der Waals surface area contributed by atoms with Crippen molar-refractivity contribution in [2.24, 2.45) is 5.73 Å². The Morgan fingerprint density at radius 1 is 1.92 bits per heavy atom. The van der Waals surface area contributed by atoms with Crippen LogP contribution >= 0.6 is 0 Å². The molecule has 0 spiro atoms. The van der Waals surface area contributed by atoms with E-state index in [1.54, 1.807) is 6.08 Å². The first kappa shape index (κ1) is 8.10. The lowest BCUT2D eigenvalue weighted by Crippen LogP contribution is -2.35. The average Bonchev–Trinajstić information content (AvgIpc) is 2.14. The van der Waals surface area contributed by atoms with Gasteiger partial charge >= 0.3 is 5.97 Å². The Morgan fingerprint density at radius 2 is 2.54 bits per heavy atom. The second-order valence-electron chi connectivity index (χ2n) is 2.07. The van der Waals surface area contributed by atoms with E-state index >= 15 is 0 Å². The number of nitrogens with two attached hydrogens (primary N) is 1. The molecule has 0 aromatic heterocycles. The van der Waals surface area contributed by atoms with Crippen molar-refractivity contribution in [2.45, 2.75) is 13.8 Å². The highest BCUT2D eigenvalue weighted by molar-refractivity contribution is 5.80. The van der Waals surface area contributed by atoms with Crippen LogP contribution in [-0.2, 0) is 9.53 Å². The summed E-state index contributed by atoms with van der Waals surface area (Å²) in [6.07, 6.45) is 2.29. The summed E-state index contributed by atoms with van der Waals surface area (Å²) in [5.41, 5.74) is 4.94. The van der Waals surface area contributed by atoms with Gasteiger partial charge < -0.3 is 15.8 Å². The highest BCUT2D eigenvalue weighted by Gasteiger charge is 2.00. The third-order valence-corrected chi connectivity index (χ3v) is 1.01. The van der Waals surface area contributed by atoms with Gasteiger partial charge in [0.25, 0.3) is 0 Å². The topological polar surface area (TPSA) is 88.2 Å². The van der Waals surface area contributed by atoms with Crippen molar-refractivity contribution in [2.75, 3.05) is 13.2 Å². The van der Waals surface area contributed by atoms with Gasteiger partial charge in [-0.3, -0.25) is 10.2 Å². The Hall–Kier alpha value is -1.52. The SMILES string of the molecule is C=CCCOC(=O)CNC(=N)N.[2H]C([2H])[2H]. The van der Waals surface area contributed by atoms with Gasteiger partial charge in [0.05, 0.1) is 6.61 Å². The predicted octanol–water partition coefficient (Wildman–Crippen LogP) is 0.225. The highest BCUT2D eigenvalue weighted by atomic mass is 16.5. The smallest absolute Gasteiger partial charge is 0.325 e. The zero-order valence-electron chi connectivity index (χ0n) is 10.4. The molecule has 0 aromatic rings. The van der Waals surface area contributed by atoms with Crippen LogP contribution in [0.2, 0.25) is 0 Å². The fourth-order valence-electron chi connectivity index (χ4n) is 0.475. The zero-order valence-corrected chi connectivity index (χ0v) is 7.38.